The standard InChI is InChI=1S/C15H17N3OS.2ClH/c19-15(9-11-10-20-8-7-16-11)18-14-5-1-4-13-12(14)3-2-6-17-13;;/h1-6,11,16H,7-10H2,(H,18,19);2*1H. The number of nitrogens with zero attached hydrogens (tertiary/aromatic N) is 1. The molecule has 120 valence electrons. The van der Waals surface area contributed by atoms with Crippen molar-refractivity contribution >= 4 is 59.1 Å². The van der Waals surface area contributed by atoms with Crippen LogP contribution >= 0.6 is 36.6 Å². The maximum Gasteiger partial charge on any atom is 0.225 e. The minimum atomic E-state index is 0. The SMILES string of the molecule is Cl.Cl.O=C(CC1CSCCN1)Nc1cccc2ncccc12. The van der Waals surface area contributed by atoms with E-state index in [1.807, 2.05) is 42.1 Å². The minimum Gasteiger partial charge on any atom is -0.325 e. The van der Waals surface area contributed by atoms with Gasteiger partial charge in [-0.2, -0.15) is 11.8 Å². The van der Waals surface area contributed by atoms with Crippen LogP contribution in [0.3, 0.4) is 0 Å². The topological polar surface area (TPSA) is 54.0 Å². The zero-order valence-corrected chi connectivity index (χ0v) is 14.4. The van der Waals surface area contributed by atoms with E-state index in [-0.39, 0.29) is 36.8 Å². The molecule has 1 unspecified atom stereocenters. The molecule has 1 aliphatic rings. The summed E-state index contributed by atoms with van der Waals surface area (Å²) in [6.45, 7) is 0.987. The van der Waals surface area contributed by atoms with E-state index in [1.54, 1.807) is 6.20 Å². The Labute approximate surface area is 146 Å². The molecule has 0 saturated carbocycles. The molecule has 3 rings (SSSR count). The number of carbonyl (C=O) groups is 1. The Morgan fingerprint density at radius 1 is 1.32 bits per heavy atom. The maximum absolute atomic E-state index is 12.1. The second kappa shape index (κ2) is 9.20. The molecule has 2 heterocycles. The number of benzene rings is 1. The van der Waals surface area contributed by atoms with Crippen LogP contribution in [0.5, 0.6) is 0 Å². The first-order valence-corrected chi connectivity index (χ1v) is 7.93. The Hall–Kier alpha value is -1.01. The molecule has 1 amide bonds. The van der Waals surface area contributed by atoms with Crippen molar-refractivity contribution in [2.45, 2.75) is 12.5 Å². The molecule has 2 N–H and O–H groups in total. The predicted molar refractivity (Wildman–Crippen MR) is 98.6 cm³/mol. The van der Waals surface area contributed by atoms with Crippen LogP contribution in [0, 0.1) is 0 Å². The normalized spacial score (nSPS) is 17.2. The molecular formula is C15H19Cl2N3OS. The first-order chi connectivity index (χ1) is 9.83. The van der Waals surface area contributed by atoms with E-state index in [9.17, 15) is 4.79 Å². The van der Waals surface area contributed by atoms with Crippen molar-refractivity contribution in [3.8, 4) is 0 Å². The second-order valence-corrected chi connectivity index (χ2v) is 6.00. The third-order valence-electron chi connectivity index (χ3n) is 3.35. The molecular weight excluding hydrogens is 341 g/mol. The van der Waals surface area contributed by atoms with E-state index in [2.05, 4.69) is 15.6 Å². The lowest BCUT2D eigenvalue weighted by Gasteiger charge is -2.22. The van der Waals surface area contributed by atoms with Crippen molar-refractivity contribution in [1.82, 2.24) is 10.3 Å². The number of anilines is 1. The minimum absolute atomic E-state index is 0. The predicted octanol–water partition coefficient (Wildman–Crippen LogP) is 3.11. The number of amides is 1. The third kappa shape index (κ3) is 4.74. The summed E-state index contributed by atoms with van der Waals surface area (Å²) < 4.78 is 0. The fraction of sp³-hybridized carbons (Fsp3) is 0.333. The molecule has 22 heavy (non-hydrogen) atoms. The fourth-order valence-electron chi connectivity index (χ4n) is 2.39. The van der Waals surface area contributed by atoms with Gasteiger partial charge in [0.2, 0.25) is 5.91 Å². The number of fused-ring (bicyclic) bond motifs is 1. The lowest BCUT2D eigenvalue weighted by molar-refractivity contribution is -0.116. The lowest BCUT2D eigenvalue weighted by Crippen LogP contribution is -2.39. The van der Waals surface area contributed by atoms with Gasteiger partial charge in [0, 0.05) is 42.1 Å². The van der Waals surface area contributed by atoms with Gasteiger partial charge in [0.05, 0.1) is 11.2 Å². The summed E-state index contributed by atoms with van der Waals surface area (Å²) in [6.07, 6.45) is 2.28. The van der Waals surface area contributed by atoms with Crippen molar-refractivity contribution in [1.29, 1.82) is 0 Å². The van der Waals surface area contributed by atoms with Crippen LogP contribution < -0.4 is 10.6 Å². The molecule has 7 heteroatoms. The van der Waals surface area contributed by atoms with Gasteiger partial charge in [-0.1, -0.05) is 6.07 Å². The van der Waals surface area contributed by atoms with Crippen molar-refractivity contribution in [2.75, 3.05) is 23.4 Å². The number of hydrogen-bond donors (Lipinski definition) is 2. The molecule has 0 spiro atoms. The number of pyridine rings is 1. The molecule has 1 fully saturated rings. The summed E-state index contributed by atoms with van der Waals surface area (Å²) in [4.78, 5) is 16.4. The average molecular weight is 360 g/mol. The van der Waals surface area contributed by atoms with Crippen molar-refractivity contribution in [3.05, 3.63) is 36.5 Å². The van der Waals surface area contributed by atoms with Gasteiger partial charge in [0.15, 0.2) is 0 Å². The zero-order chi connectivity index (χ0) is 13.8. The number of aromatic nitrogens is 1. The van der Waals surface area contributed by atoms with E-state index in [4.69, 9.17) is 0 Å². The molecule has 1 aromatic carbocycles. The summed E-state index contributed by atoms with van der Waals surface area (Å²) in [5.74, 6) is 2.19. The summed E-state index contributed by atoms with van der Waals surface area (Å²) in [5.41, 5.74) is 1.74. The second-order valence-electron chi connectivity index (χ2n) is 4.85. The summed E-state index contributed by atoms with van der Waals surface area (Å²) in [5, 5.41) is 7.36. The van der Waals surface area contributed by atoms with Crippen LogP contribution in [-0.2, 0) is 4.79 Å². The summed E-state index contributed by atoms with van der Waals surface area (Å²) in [6, 6.07) is 9.93. The van der Waals surface area contributed by atoms with E-state index in [1.165, 1.54) is 0 Å². The number of halogens is 2. The molecule has 0 radical (unpaired) electrons. The van der Waals surface area contributed by atoms with Crippen LogP contribution in [0.25, 0.3) is 10.9 Å². The van der Waals surface area contributed by atoms with Gasteiger partial charge in [-0.05, 0) is 24.3 Å². The molecule has 0 aliphatic carbocycles. The van der Waals surface area contributed by atoms with Crippen LogP contribution in [0.4, 0.5) is 5.69 Å². The number of rotatable bonds is 3. The Kier molecular flexibility index (Phi) is 7.96. The third-order valence-corrected chi connectivity index (χ3v) is 4.48. The van der Waals surface area contributed by atoms with Crippen LogP contribution in [0.2, 0.25) is 0 Å². The smallest absolute Gasteiger partial charge is 0.225 e. The van der Waals surface area contributed by atoms with Gasteiger partial charge < -0.3 is 10.6 Å². The highest BCUT2D eigenvalue weighted by molar-refractivity contribution is 7.99. The highest BCUT2D eigenvalue weighted by Crippen LogP contribution is 2.21. The van der Waals surface area contributed by atoms with E-state index in [0.29, 0.717) is 6.42 Å². The highest BCUT2D eigenvalue weighted by atomic mass is 35.5. The Morgan fingerprint density at radius 2 is 2.18 bits per heavy atom. The van der Waals surface area contributed by atoms with Gasteiger partial charge in [0.1, 0.15) is 0 Å². The molecule has 1 saturated heterocycles. The monoisotopic (exact) mass is 359 g/mol. The van der Waals surface area contributed by atoms with Crippen molar-refractivity contribution in [2.24, 2.45) is 0 Å². The zero-order valence-electron chi connectivity index (χ0n) is 12.0. The number of nitrogens with one attached hydrogen (secondary N) is 2. The first kappa shape index (κ1) is 19.0. The number of hydrogen-bond acceptors (Lipinski definition) is 4. The van der Waals surface area contributed by atoms with Gasteiger partial charge >= 0.3 is 0 Å². The Bertz CT molecular complexity index is 615. The lowest BCUT2D eigenvalue weighted by atomic mass is 10.1. The maximum atomic E-state index is 12.1. The van der Waals surface area contributed by atoms with Gasteiger partial charge in [-0.25, -0.2) is 0 Å². The summed E-state index contributed by atoms with van der Waals surface area (Å²) >= 11 is 1.90. The number of thioether (sulfide) groups is 1. The average Bonchev–Trinajstić information content (AvgIpc) is 2.48. The summed E-state index contributed by atoms with van der Waals surface area (Å²) in [7, 11) is 0. The highest BCUT2D eigenvalue weighted by Gasteiger charge is 2.17. The number of carbonyl (C=O) groups excluding carboxylic acids is 1. The van der Waals surface area contributed by atoms with E-state index >= 15 is 0 Å². The van der Waals surface area contributed by atoms with Crippen molar-refractivity contribution in [3.63, 3.8) is 0 Å². The van der Waals surface area contributed by atoms with Gasteiger partial charge in [0.25, 0.3) is 0 Å². The quantitative estimate of drug-likeness (QED) is 0.883. The molecule has 2 aromatic rings. The molecule has 0 bridgehead atoms. The molecule has 1 atom stereocenters. The van der Waals surface area contributed by atoms with Crippen LogP contribution in [0.1, 0.15) is 6.42 Å². The van der Waals surface area contributed by atoms with Crippen LogP contribution in [-0.4, -0.2) is 35.0 Å². The Morgan fingerprint density at radius 3 is 2.95 bits per heavy atom. The fourth-order valence-corrected chi connectivity index (χ4v) is 3.34. The van der Waals surface area contributed by atoms with Crippen LogP contribution in [0.15, 0.2) is 36.5 Å². The van der Waals surface area contributed by atoms with Gasteiger partial charge in [-0.3, -0.25) is 9.78 Å². The Balaban J connectivity index is 0.00000121. The first-order valence-electron chi connectivity index (χ1n) is 6.77. The van der Waals surface area contributed by atoms with Gasteiger partial charge in [-0.15, -0.1) is 24.8 Å². The molecule has 4 nitrogen and oxygen atoms in total. The molecule has 1 aliphatic heterocycles. The van der Waals surface area contributed by atoms with Crippen molar-refractivity contribution < 1.29 is 4.79 Å². The van der Waals surface area contributed by atoms with E-state index < -0.39 is 0 Å². The van der Waals surface area contributed by atoms with E-state index in [0.717, 1.165) is 34.6 Å². The largest absolute Gasteiger partial charge is 0.325 e. The molecule has 1 aromatic heterocycles.